The third-order valence-corrected chi connectivity index (χ3v) is 4.38. The van der Waals surface area contributed by atoms with Gasteiger partial charge in [-0.05, 0) is 42.8 Å². The van der Waals surface area contributed by atoms with Gasteiger partial charge in [-0.25, -0.2) is 0 Å². The number of aryl methyl sites for hydroxylation is 1. The molecule has 2 N–H and O–H groups in total. The molecule has 0 aliphatic carbocycles. The standard InChI is InChI=1S/C18H13Cl2F2N3O2/c1-9-2-5-16(27-18(21)22)14(6-9)23-17(26)15-8-13(24-25-15)10-3-4-11(19)12(20)7-10/h2-8,18H,1H3,(H,23,26)(H,24,25). The molecule has 1 amide bonds. The van der Waals surface area contributed by atoms with E-state index in [2.05, 4.69) is 20.3 Å². The third-order valence-electron chi connectivity index (χ3n) is 3.64. The third kappa shape index (κ3) is 4.56. The second kappa shape index (κ2) is 7.94. The van der Waals surface area contributed by atoms with Crippen LogP contribution in [0.25, 0.3) is 11.3 Å². The Morgan fingerprint density at radius 1 is 1.15 bits per heavy atom. The summed E-state index contributed by atoms with van der Waals surface area (Å²) in [6.07, 6.45) is 0. The maximum absolute atomic E-state index is 12.5. The normalized spacial score (nSPS) is 10.9. The number of alkyl halides is 2. The molecule has 0 spiro atoms. The molecular formula is C18H13Cl2F2N3O2. The minimum Gasteiger partial charge on any atom is -0.433 e. The second-order valence-electron chi connectivity index (χ2n) is 5.63. The van der Waals surface area contributed by atoms with E-state index in [1.165, 1.54) is 18.2 Å². The average molecular weight is 412 g/mol. The highest BCUT2D eigenvalue weighted by molar-refractivity contribution is 6.42. The number of ether oxygens (including phenoxy) is 1. The van der Waals surface area contributed by atoms with Crippen LogP contribution in [0.1, 0.15) is 16.1 Å². The number of hydrogen-bond acceptors (Lipinski definition) is 3. The van der Waals surface area contributed by atoms with E-state index < -0.39 is 12.5 Å². The molecule has 2 aromatic carbocycles. The van der Waals surface area contributed by atoms with Crippen LogP contribution in [0.2, 0.25) is 10.0 Å². The van der Waals surface area contributed by atoms with Crippen molar-refractivity contribution in [2.24, 2.45) is 0 Å². The largest absolute Gasteiger partial charge is 0.433 e. The minimum absolute atomic E-state index is 0.131. The molecule has 1 aromatic heterocycles. The Hall–Kier alpha value is -2.64. The monoisotopic (exact) mass is 411 g/mol. The SMILES string of the molecule is Cc1ccc(OC(F)F)c(NC(=O)c2cc(-c3ccc(Cl)c(Cl)c3)n[nH]2)c1. The fourth-order valence-electron chi connectivity index (χ4n) is 2.37. The van der Waals surface area contributed by atoms with Crippen molar-refractivity contribution < 1.29 is 18.3 Å². The average Bonchev–Trinajstić information content (AvgIpc) is 3.09. The number of rotatable bonds is 5. The van der Waals surface area contributed by atoms with E-state index in [4.69, 9.17) is 23.2 Å². The second-order valence-corrected chi connectivity index (χ2v) is 6.44. The molecule has 27 heavy (non-hydrogen) atoms. The zero-order valence-electron chi connectivity index (χ0n) is 13.9. The molecular weight excluding hydrogens is 399 g/mol. The van der Waals surface area contributed by atoms with E-state index in [0.29, 0.717) is 21.3 Å². The maximum Gasteiger partial charge on any atom is 0.387 e. The fraction of sp³-hybridized carbons (Fsp3) is 0.111. The molecule has 3 aromatic rings. The number of H-pyrrole nitrogens is 1. The Morgan fingerprint density at radius 3 is 2.63 bits per heavy atom. The Bertz CT molecular complexity index is 992. The van der Waals surface area contributed by atoms with Crippen LogP contribution in [0, 0.1) is 6.92 Å². The Kier molecular flexibility index (Phi) is 5.62. The van der Waals surface area contributed by atoms with Crippen LogP contribution < -0.4 is 10.1 Å². The number of aromatic nitrogens is 2. The van der Waals surface area contributed by atoms with E-state index in [1.54, 1.807) is 31.2 Å². The van der Waals surface area contributed by atoms with Crippen molar-refractivity contribution >= 4 is 34.8 Å². The lowest BCUT2D eigenvalue weighted by Crippen LogP contribution is -2.14. The van der Waals surface area contributed by atoms with Crippen LogP contribution in [0.4, 0.5) is 14.5 Å². The molecule has 0 unspecified atom stereocenters. The topological polar surface area (TPSA) is 67.0 Å². The number of benzene rings is 2. The summed E-state index contributed by atoms with van der Waals surface area (Å²) in [4.78, 5) is 12.5. The number of anilines is 1. The smallest absolute Gasteiger partial charge is 0.387 e. The predicted octanol–water partition coefficient (Wildman–Crippen LogP) is 5.55. The first kappa shape index (κ1) is 19.1. The molecule has 140 valence electrons. The van der Waals surface area contributed by atoms with Crippen molar-refractivity contribution in [1.29, 1.82) is 0 Å². The first-order chi connectivity index (χ1) is 12.8. The summed E-state index contributed by atoms with van der Waals surface area (Å²) >= 11 is 11.9. The van der Waals surface area contributed by atoms with Gasteiger partial charge in [0.25, 0.3) is 5.91 Å². The molecule has 0 aliphatic rings. The highest BCUT2D eigenvalue weighted by Crippen LogP contribution is 2.29. The zero-order valence-corrected chi connectivity index (χ0v) is 15.4. The van der Waals surface area contributed by atoms with Crippen molar-refractivity contribution in [3.8, 4) is 17.0 Å². The Balaban J connectivity index is 1.82. The minimum atomic E-state index is -3.00. The number of nitrogens with one attached hydrogen (secondary N) is 2. The molecule has 0 atom stereocenters. The number of carbonyl (C=O) groups excluding carboxylic acids is 1. The summed E-state index contributed by atoms with van der Waals surface area (Å²) in [5.41, 5.74) is 2.18. The van der Waals surface area contributed by atoms with E-state index in [-0.39, 0.29) is 17.1 Å². The van der Waals surface area contributed by atoms with Crippen LogP contribution in [0.3, 0.4) is 0 Å². The van der Waals surface area contributed by atoms with Crippen molar-refractivity contribution in [3.05, 3.63) is 63.8 Å². The van der Waals surface area contributed by atoms with Gasteiger partial charge in [0.2, 0.25) is 0 Å². The summed E-state index contributed by atoms with van der Waals surface area (Å²) < 4.78 is 29.5. The van der Waals surface area contributed by atoms with Crippen LogP contribution in [-0.4, -0.2) is 22.7 Å². The van der Waals surface area contributed by atoms with Crippen LogP contribution in [-0.2, 0) is 0 Å². The summed E-state index contributed by atoms with van der Waals surface area (Å²) in [6.45, 7) is -1.24. The molecule has 3 rings (SSSR count). The van der Waals surface area contributed by atoms with Gasteiger partial charge in [0.1, 0.15) is 11.4 Å². The maximum atomic E-state index is 12.5. The lowest BCUT2D eigenvalue weighted by Gasteiger charge is -2.12. The number of halogens is 4. The summed E-state index contributed by atoms with van der Waals surface area (Å²) in [5, 5.41) is 9.98. The lowest BCUT2D eigenvalue weighted by atomic mass is 10.1. The molecule has 9 heteroatoms. The zero-order chi connectivity index (χ0) is 19.6. The van der Waals surface area contributed by atoms with Gasteiger partial charge < -0.3 is 10.1 Å². The summed E-state index contributed by atoms with van der Waals surface area (Å²) in [7, 11) is 0. The lowest BCUT2D eigenvalue weighted by molar-refractivity contribution is -0.0493. The van der Waals surface area contributed by atoms with Gasteiger partial charge in [-0.2, -0.15) is 13.9 Å². The van der Waals surface area contributed by atoms with Crippen LogP contribution in [0.15, 0.2) is 42.5 Å². The molecule has 0 fully saturated rings. The van der Waals surface area contributed by atoms with Crippen molar-refractivity contribution in [3.63, 3.8) is 0 Å². The van der Waals surface area contributed by atoms with Crippen LogP contribution >= 0.6 is 23.2 Å². The number of carbonyl (C=O) groups is 1. The predicted molar refractivity (Wildman–Crippen MR) is 99.8 cm³/mol. The fourth-order valence-corrected chi connectivity index (χ4v) is 2.67. The van der Waals surface area contributed by atoms with Gasteiger partial charge in [0, 0.05) is 5.56 Å². The Labute approximate surface area is 163 Å². The molecule has 0 saturated carbocycles. The van der Waals surface area contributed by atoms with Crippen LogP contribution in [0.5, 0.6) is 5.75 Å². The number of aromatic amines is 1. The molecule has 5 nitrogen and oxygen atoms in total. The van der Waals surface area contributed by atoms with E-state index in [0.717, 1.165) is 5.56 Å². The number of amides is 1. The van der Waals surface area contributed by atoms with Gasteiger partial charge >= 0.3 is 6.61 Å². The Morgan fingerprint density at radius 2 is 1.93 bits per heavy atom. The van der Waals surface area contributed by atoms with Crippen molar-refractivity contribution in [1.82, 2.24) is 10.2 Å². The molecule has 1 heterocycles. The van der Waals surface area contributed by atoms with Crippen molar-refractivity contribution in [2.45, 2.75) is 13.5 Å². The van der Waals surface area contributed by atoms with E-state index in [1.807, 2.05) is 0 Å². The van der Waals surface area contributed by atoms with Gasteiger partial charge in [-0.3, -0.25) is 9.89 Å². The highest BCUT2D eigenvalue weighted by atomic mass is 35.5. The summed E-state index contributed by atoms with van der Waals surface area (Å²) in [6, 6.07) is 11.0. The van der Waals surface area contributed by atoms with Crippen molar-refractivity contribution in [2.75, 3.05) is 5.32 Å². The summed E-state index contributed by atoms with van der Waals surface area (Å²) in [5.74, 6) is -0.688. The van der Waals surface area contributed by atoms with E-state index >= 15 is 0 Å². The molecule has 0 saturated heterocycles. The highest BCUT2D eigenvalue weighted by Gasteiger charge is 2.16. The first-order valence-electron chi connectivity index (χ1n) is 7.71. The van der Waals surface area contributed by atoms with E-state index in [9.17, 15) is 13.6 Å². The quantitative estimate of drug-likeness (QED) is 0.578. The van der Waals surface area contributed by atoms with Gasteiger partial charge in [-0.1, -0.05) is 35.3 Å². The van der Waals surface area contributed by atoms with Gasteiger partial charge in [0.05, 0.1) is 21.4 Å². The van der Waals surface area contributed by atoms with Gasteiger partial charge in [0.15, 0.2) is 0 Å². The number of hydrogen-bond donors (Lipinski definition) is 2. The molecule has 0 radical (unpaired) electrons. The molecule has 0 bridgehead atoms. The molecule has 0 aliphatic heterocycles. The van der Waals surface area contributed by atoms with Gasteiger partial charge in [-0.15, -0.1) is 0 Å². The first-order valence-corrected chi connectivity index (χ1v) is 8.46. The number of nitrogens with zero attached hydrogens (tertiary/aromatic N) is 1.